The summed E-state index contributed by atoms with van der Waals surface area (Å²) >= 11 is 0. The van der Waals surface area contributed by atoms with E-state index in [9.17, 15) is 18.7 Å². The number of aryl methyl sites for hydroxylation is 1. The quantitative estimate of drug-likeness (QED) is 0.913. The number of ether oxygens (including phenoxy) is 1. The molecule has 1 aromatic rings. The number of carboxylic acid groups (broad SMARTS) is 1. The third-order valence-corrected chi connectivity index (χ3v) is 3.59. The van der Waals surface area contributed by atoms with E-state index >= 15 is 0 Å². The Labute approximate surface area is 110 Å². The van der Waals surface area contributed by atoms with Crippen molar-refractivity contribution in [3.8, 4) is 5.75 Å². The number of carbonyl (C=O) groups is 1. The fraction of sp³-hybridized carbons (Fsp3) is 0.500. The molecule has 1 fully saturated rings. The van der Waals surface area contributed by atoms with Gasteiger partial charge in [-0.2, -0.15) is 0 Å². The molecule has 1 saturated carbocycles. The lowest BCUT2D eigenvalue weighted by Crippen LogP contribution is -2.22. The number of rotatable bonds is 4. The van der Waals surface area contributed by atoms with Gasteiger partial charge in [0, 0.05) is 12.5 Å². The highest BCUT2D eigenvalue weighted by Crippen LogP contribution is 2.53. The molecule has 1 aliphatic carbocycles. The van der Waals surface area contributed by atoms with E-state index in [1.807, 2.05) is 0 Å². The van der Waals surface area contributed by atoms with Crippen LogP contribution in [0.15, 0.2) is 12.1 Å². The van der Waals surface area contributed by atoms with Gasteiger partial charge in [0.15, 0.2) is 0 Å². The Kier molecular flexibility index (Phi) is 3.03. The van der Waals surface area contributed by atoms with Gasteiger partial charge < -0.3 is 9.84 Å². The first-order valence-corrected chi connectivity index (χ1v) is 6.03. The highest BCUT2D eigenvalue weighted by atomic mass is 19.3. The lowest BCUT2D eigenvalue weighted by Gasteiger charge is -2.22. The van der Waals surface area contributed by atoms with Crippen molar-refractivity contribution >= 4 is 5.97 Å². The van der Waals surface area contributed by atoms with Gasteiger partial charge in [-0.3, -0.25) is 4.79 Å². The lowest BCUT2D eigenvalue weighted by atomic mass is 9.90. The first kappa shape index (κ1) is 13.8. The van der Waals surface area contributed by atoms with Gasteiger partial charge in [-0.05, 0) is 25.8 Å². The molecular formula is C14H16F2O3. The van der Waals surface area contributed by atoms with Crippen molar-refractivity contribution in [2.45, 2.75) is 38.0 Å². The molecule has 1 N–H and O–H groups in total. The van der Waals surface area contributed by atoms with E-state index in [1.54, 1.807) is 13.0 Å². The largest absolute Gasteiger partial charge is 0.496 e. The maximum absolute atomic E-state index is 13.6. The second-order valence-corrected chi connectivity index (χ2v) is 5.17. The fourth-order valence-corrected chi connectivity index (χ4v) is 2.40. The molecule has 0 atom stereocenters. The van der Waals surface area contributed by atoms with Crippen LogP contribution >= 0.6 is 0 Å². The van der Waals surface area contributed by atoms with Gasteiger partial charge in [-0.15, -0.1) is 0 Å². The summed E-state index contributed by atoms with van der Waals surface area (Å²) in [7, 11) is 1.29. The average molecular weight is 270 g/mol. The molecular weight excluding hydrogens is 254 g/mol. The number of carboxylic acids is 1. The predicted octanol–water partition coefficient (Wildman–Crippen LogP) is 3.23. The molecule has 0 amide bonds. The summed E-state index contributed by atoms with van der Waals surface area (Å²) in [4.78, 5) is 11.4. The van der Waals surface area contributed by atoms with Crippen molar-refractivity contribution in [1.82, 2.24) is 0 Å². The SMILES string of the molecule is COc1c(C(C)(F)F)cc(C)cc1C1(C(=O)O)CC1. The molecule has 0 aliphatic heterocycles. The second-order valence-electron chi connectivity index (χ2n) is 5.17. The Morgan fingerprint density at radius 3 is 2.37 bits per heavy atom. The molecule has 1 aromatic carbocycles. The maximum atomic E-state index is 13.6. The zero-order valence-electron chi connectivity index (χ0n) is 11.1. The van der Waals surface area contributed by atoms with Gasteiger partial charge in [0.25, 0.3) is 5.92 Å². The minimum absolute atomic E-state index is 0.00185. The Morgan fingerprint density at radius 1 is 1.42 bits per heavy atom. The van der Waals surface area contributed by atoms with E-state index < -0.39 is 17.3 Å². The minimum Gasteiger partial charge on any atom is -0.496 e. The van der Waals surface area contributed by atoms with Gasteiger partial charge in [0.2, 0.25) is 0 Å². The first-order valence-electron chi connectivity index (χ1n) is 6.03. The van der Waals surface area contributed by atoms with Crippen LogP contribution in [0, 0.1) is 6.92 Å². The summed E-state index contributed by atoms with van der Waals surface area (Å²) in [6, 6.07) is 2.98. The van der Waals surface area contributed by atoms with Gasteiger partial charge in [0.05, 0.1) is 18.1 Å². The summed E-state index contributed by atoms with van der Waals surface area (Å²) in [6.07, 6.45) is 0.910. The molecule has 0 heterocycles. The summed E-state index contributed by atoms with van der Waals surface area (Å²) in [5, 5.41) is 9.32. The van der Waals surface area contributed by atoms with Crippen molar-refractivity contribution in [1.29, 1.82) is 0 Å². The van der Waals surface area contributed by atoms with Crippen LogP contribution < -0.4 is 4.74 Å². The van der Waals surface area contributed by atoms with Crippen molar-refractivity contribution in [2.75, 3.05) is 7.11 Å². The number of aliphatic carboxylic acids is 1. The molecule has 1 aliphatic rings. The van der Waals surface area contributed by atoms with Crippen LogP contribution in [0.5, 0.6) is 5.75 Å². The van der Waals surface area contributed by atoms with Crippen LogP contribution in [-0.4, -0.2) is 18.2 Å². The number of hydrogen-bond acceptors (Lipinski definition) is 2. The molecule has 0 spiro atoms. The van der Waals surface area contributed by atoms with Crippen LogP contribution in [-0.2, 0) is 16.1 Å². The van der Waals surface area contributed by atoms with Crippen LogP contribution in [0.2, 0.25) is 0 Å². The summed E-state index contributed by atoms with van der Waals surface area (Å²) in [5.41, 5.74) is -0.339. The molecule has 0 unspecified atom stereocenters. The predicted molar refractivity (Wildman–Crippen MR) is 65.8 cm³/mol. The molecule has 0 radical (unpaired) electrons. The molecule has 0 aromatic heterocycles. The van der Waals surface area contributed by atoms with Crippen LogP contribution in [0.4, 0.5) is 8.78 Å². The van der Waals surface area contributed by atoms with Gasteiger partial charge in [-0.1, -0.05) is 11.6 Å². The van der Waals surface area contributed by atoms with Crippen LogP contribution in [0.3, 0.4) is 0 Å². The first-order chi connectivity index (χ1) is 8.72. The van der Waals surface area contributed by atoms with Crippen LogP contribution in [0.25, 0.3) is 0 Å². The summed E-state index contributed by atoms with van der Waals surface area (Å²) in [6.45, 7) is 2.46. The van der Waals surface area contributed by atoms with E-state index in [4.69, 9.17) is 4.74 Å². The normalized spacial score (nSPS) is 17.1. The minimum atomic E-state index is -3.07. The van der Waals surface area contributed by atoms with E-state index in [-0.39, 0.29) is 11.3 Å². The van der Waals surface area contributed by atoms with Gasteiger partial charge in [-0.25, -0.2) is 8.78 Å². The Bertz CT molecular complexity index is 528. The number of halogens is 2. The molecule has 0 bridgehead atoms. The molecule has 0 saturated heterocycles. The molecule has 19 heavy (non-hydrogen) atoms. The Balaban J connectivity index is 2.69. The van der Waals surface area contributed by atoms with Crippen molar-refractivity contribution in [2.24, 2.45) is 0 Å². The third-order valence-electron chi connectivity index (χ3n) is 3.59. The Hall–Kier alpha value is -1.65. The molecule has 5 heteroatoms. The topological polar surface area (TPSA) is 46.5 Å². The fourth-order valence-electron chi connectivity index (χ4n) is 2.40. The average Bonchev–Trinajstić information content (AvgIpc) is 3.07. The number of hydrogen-bond donors (Lipinski definition) is 1. The second kappa shape index (κ2) is 4.18. The van der Waals surface area contributed by atoms with E-state index in [0.717, 1.165) is 6.92 Å². The molecule has 2 rings (SSSR count). The number of alkyl halides is 2. The lowest BCUT2D eigenvalue weighted by molar-refractivity contribution is -0.140. The van der Waals surface area contributed by atoms with Crippen molar-refractivity contribution in [3.05, 3.63) is 28.8 Å². The monoisotopic (exact) mass is 270 g/mol. The zero-order valence-corrected chi connectivity index (χ0v) is 11.1. The van der Waals surface area contributed by atoms with Crippen LogP contribution in [0.1, 0.15) is 36.5 Å². The van der Waals surface area contributed by atoms with E-state index in [0.29, 0.717) is 24.0 Å². The highest BCUT2D eigenvalue weighted by molar-refractivity contribution is 5.86. The molecule has 3 nitrogen and oxygen atoms in total. The van der Waals surface area contributed by atoms with Crippen molar-refractivity contribution < 1.29 is 23.4 Å². The van der Waals surface area contributed by atoms with E-state index in [1.165, 1.54) is 13.2 Å². The number of methoxy groups -OCH3 is 1. The summed E-state index contributed by atoms with van der Waals surface area (Å²) in [5.74, 6) is -4.06. The maximum Gasteiger partial charge on any atom is 0.314 e. The van der Waals surface area contributed by atoms with E-state index in [2.05, 4.69) is 0 Å². The number of benzene rings is 1. The smallest absolute Gasteiger partial charge is 0.314 e. The van der Waals surface area contributed by atoms with Crippen molar-refractivity contribution in [3.63, 3.8) is 0 Å². The van der Waals surface area contributed by atoms with Gasteiger partial charge in [0.1, 0.15) is 5.75 Å². The van der Waals surface area contributed by atoms with Gasteiger partial charge >= 0.3 is 5.97 Å². The zero-order chi connectivity index (χ0) is 14.4. The highest BCUT2D eigenvalue weighted by Gasteiger charge is 2.54. The summed E-state index contributed by atoms with van der Waals surface area (Å²) < 4.78 is 32.4. The third kappa shape index (κ3) is 2.17. The molecule has 104 valence electrons. The Morgan fingerprint density at radius 2 is 2.00 bits per heavy atom. The standard InChI is InChI=1S/C14H16F2O3/c1-8-6-9(13(2,15)16)11(19-3)10(7-8)14(4-5-14)12(17)18/h6-7H,4-5H2,1-3H3,(H,17,18).